The number of hydrazone groups is 1. The highest BCUT2D eigenvalue weighted by atomic mass is 35.5. The van der Waals surface area contributed by atoms with Gasteiger partial charge in [-0.15, -0.1) is 0 Å². The summed E-state index contributed by atoms with van der Waals surface area (Å²) in [7, 11) is 0. The van der Waals surface area contributed by atoms with E-state index in [1.807, 2.05) is 36.4 Å². The topological polar surface area (TPSA) is 54.6 Å². The Morgan fingerprint density at radius 1 is 0.862 bits per heavy atom. The predicted molar refractivity (Wildman–Crippen MR) is 118 cm³/mol. The van der Waals surface area contributed by atoms with Crippen LogP contribution in [0.2, 0.25) is 5.02 Å². The van der Waals surface area contributed by atoms with Gasteiger partial charge in [-0.1, -0.05) is 60.1 Å². The number of rotatable bonds is 3. The first-order valence-corrected chi connectivity index (χ1v) is 9.50. The van der Waals surface area contributed by atoms with Crippen LogP contribution in [-0.4, -0.2) is 12.1 Å². The van der Waals surface area contributed by atoms with Crippen LogP contribution < -0.4 is 5.43 Å². The van der Waals surface area contributed by atoms with Crippen LogP contribution >= 0.6 is 11.6 Å². The first-order chi connectivity index (χ1) is 14.2. The molecule has 1 aromatic heterocycles. The maximum Gasteiger partial charge on any atom is 0.307 e. The molecule has 5 aromatic rings. The Morgan fingerprint density at radius 2 is 1.55 bits per heavy atom. The standard InChI is InChI=1S/C24H15ClN2O2/c25-18-9-10-22-17(12-18)13-23(29-22)24(28)27-26-14-21-19-7-3-1-5-15(19)11-16-6-2-4-8-20(16)21/h1-14H,(H,27,28)/b26-14+. The van der Waals surface area contributed by atoms with Gasteiger partial charge >= 0.3 is 5.91 Å². The lowest BCUT2D eigenvalue weighted by Crippen LogP contribution is -2.16. The van der Waals surface area contributed by atoms with Gasteiger partial charge < -0.3 is 4.42 Å². The number of nitrogens with zero attached hydrogens (tertiary/aromatic N) is 1. The van der Waals surface area contributed by atoms with E-state index >= 15 is 0 Å². The number of amides is 1. The van der Waals surface area contributed by atoms with Crippen molar-refractivity contribution in [3.8, 4) is 0 Å². The molecule has 0 spiro atoms. The molecule has 29 heavy (non-hydrogen) atoms. The fourth-order valence-electron chi connectivity index (χ4n) is 3.52. The molecular weight excluding hydrogens is 384 g/mol. The number of hydrogen-bond acceptors (Lipinski definition) is 3. The van der Waals surface area contributed by atoms with E-state index in [1.165, 1.54) is 0 Å². The van der Waals surface area contributed by atoms with Crippen molar-refractivity contribution in [2.45, 2.75) is 0 Å². The highest BCUT2D eigenvalue weighted by Crippen LogP contribution is 2.27. The third kappa shape index (κ3) is 3.24. The van der Waals surface area contributed by atoms with E-state index in [1.54, 1.807) is 30.5 Å². The van der Waals surface area contributed by atoms with Crippen molar-refractivity contribution >= 4 is 56.2 Å². The van der Waals surface area contributed by atoms with E-state index in [9.17, 15) is 4.79 Å². The van der Waals surface area contributed by atoms with Crippen molar-refractivity contribution in [1.82, 2.24) is 5.43 Å². The largest absolute Gasteiger partial charge is 0.451 e. The van der Waals surface area contributed by atoms with Gasteiger partial charge in [0.2, 0.25) is 0 Å². The van der Waals surface area contributed by atoms with Gasteiger partial charge in [-0.25, -0.2) is 5.43 Å². The molecule has 0 aliphatic carbocycles. The fourth-order valence-corrected chi connectivity index (χ4v) is 3.71. The molecule has 1 N–H and O–H groups in total. The van der Waals surface area contributed by atoms with Gasteiger partial charge in [-0.3, -0.25) is 4.79 Å². The van der Waals surface area contributed by atoms with Gasteiger partial charge in [0, 0.05) is 16.0 Å². The van der Waals surface area contributed by atoms with Gasteiger partial charge in [0.1, 0.15) is 5.58 Å². The fraction of sp³-hybridized carbons (Fsp3) is 0. The molecule has 0 bridgehead atoms. The number of fused-ring (bicyclic) bond motifs is 3. The number of carbonyl (C=O) groups is 1. The monoisotopic (exact) mass is 398 g/mol. The smallest absolute Gasteiger partial charge is 0.307 e. The van der Waals surface area contributed by atoms with E-state index in [2.05, 4.69) is 28.7 Å². The number of benzene rings is 4. The van der Waals surface area contributed by atoms with Crippen molar-refractivity contribution in [3.05, 3.63) is 95.2 Å². The molecule has 0 radical (unpaired) electrons. The molecule has 5 rings (SSSR count). The van der Waals surface area contributed by atoms with Crippen LogP contribution in [0.25, 0.3) is 32.5 Å². The Kier molecular flexibility index (Phi) is 4.26. The van der Waals surface area contributed by atoms with Gasteiger partial charge in [-0.05, 0) is 51.9 Å². The average Bonchev–Trinajstić information content (AvgIpc) is 3.16. The lowest BCUT2D eigenvalue weighted by molar-refractivity contribution is 0.0929. The van der Waals surface area contributed by atoms with Crippen LogP contribution in [0.4, 0.5) is 0 Å². The quantitative estimate of drug-likeness (QED) is 0.225. The molecule has 4 aromatic carbocycles. The molecule has 1 heterocycles. The number of carbonyl (C=O) groups excluding carboxylic acids is 1. The summed E-state index contributed by atoms with van der Waals surface area (Å²) in [4.78, 5) is 12.5. The van der Waals surface area contributed by atoms with Gasteiger partial charge in [-0.2, -0.15) is 5.10 Å². The molecule has 0 aliphatic rings. The summed E-state index contributed by atoms with van der Waals surface area (Å²) < 4.78 is 5.58. The average molecular weight is 399 g/mol. The Morgan fingerprint density at radius 3 is 2.28 bits per heavy atom. The second-order valence-electron chi connectivity index (χ2n) is 6.72. The number of nitrogens with one attached hydrogen (secondary N) is 1. The minimum absolute atomic E-state index is 0.183. The molecule has 0 saturated carbocycles. The third-order valence-corrected chi connectivity index (χ3v) is 5.11. The lowest BCUT2D eigenvalue weighted by atomic mass is 9.97. The molecule has 0 saturated heterocycles. The molecule has 0 aliphatic heterocycles. The number of halogens is 1. The summed E-state index contributed by atoms with van der Waals surface area (Å²) in [6.07, 6.45) is 1.68. The summed E-state index contributed by atoms with van der Waals surface area (Å²) in [5, 5.41) is 9.94. The molecule has 140 valence electrons. The Bertz CT molecular complexity index is 1360. The van der Waals surface area contributed by atoms with Gasteiger partial charge in [0.05, 0.1) is 6.21 Å². The highest BCUT2D eigenvalue weighted by Gasteiger charge is 2.12. The van der Waals surface area contributed by atoms with E-state index < -0.39 is 5.91 Å². The summed E-state index contributed by atoms with van der Waals surface area (Å²) in [6.45, 7) is 0. The minimum Gasteiger partial charge on any atom is -0.451 e. The third-order valence-electron chi connectivity index (χ3n) is 4.87. The molecule has 1 amide bonds. The first kappa shape index (κ1) is 17.5. The van der Waals surface area contributed by atoms with Crippen LogP contribution in [-0.2, 0) is 0 Å². The SMILES string of the molecule is O=C(N/N=C/c1c2ccccc2cc2ccccc12)c1cc2cc(Cl)ccc2o1. The molecule has 0 atom stereocenters. The van der Waals surface area contributed by atoms with Crippen molar-refractivity contribution in [1.29, 1.82) is 0 Å². The van der Waals surface area contributed by atoms with Crippen molar-refractivity contribution < 1.29 is 9.21 Å². The zero-order valence-corrected chi connectivity index (χ0v) is 16.0. The summed E-state index contributed by atoms with van der Waals surface area (Å²) in [6, 6.07) is 25.2. The van der Waals surface area contributed by atoms with E-state index in [-0.39, 0.29) is 5.76 Å². The minimum atomic E-state index is -0.418. The normalized spacial score (nSPS) is 11.6. The molecule has 5 heteroatoms. The zero-order chi connectivity index (χ0) is 19.8. The Hall–Kier alpha value is -3.63. The number of furan rings is 1. The highest BCUT2D eigenvalue weighted by molar-refractivity contribution is 6.31. The molecule has 0 unspecified atom stereocenters. The Balaban J connectivity index is 1.49. The van der Waals surface area contributed by atoms with Crippen molar-refractivity contribution in [2.75, 3.05) is 0 Å². The molecular formula is C24H15ClN2O2. The van der Waals surface area contributed by atoms with Crippen LogP contribution in [0.15, 0.2) is 88.4 Å². The summed E-state index contributed by atoms with van der Waals surface area (Å²) in [5.41, 5.74) is 4.11. The number of hydrogen-bond donors (Lipinski definition) is 1. The second kappa shape index (κ2) is 7.08. The summed E-state index contributed by atoms with van der Waals surface area (Å²) >= 11 is 5.99. The zero-order valence-electron chi connectivity index (χ0n) is 15.2. The lowest BCUT2D eigenvalue weighted by Gasteiger charge is -2.07. The van der Waals surface area contributed by atoms with Gasteiger partial charge in [0.15, 0.2) is 5.76 Å². The maximum atomic E-state index is 12.5. The van der Waals surface area contributed by atoms with Crippen LogP contribution in [0.1, 0.15) is 16.1 Å². The Labute approximate surface area is 171 Å². The van der Waals surface area contributed by atoms with E-state index in [4.69, 9.17) is 16.0 Å². The maximum absolute atomic E-state index is 12.5. The van der Waals surface area contributed by atoms with E-state index in [0.29, 0.717) is 10.6 Å². The van der Waals surface area contributed by atoms with Crippen molar-refractivity contribution in [2.24, 2.45) is 5.10 Å². The summed E-state index contributed by atoms with van der Waals surface area (Å²) in [5.74, 6) is -0.236. The van der Waals surface area contributed by atoms with Crippen LogP contribution in [0.3, 0.4) is 0 Å². The molecule has 0 fully saturated rings. The van der Waals surface area contributed by atoms with Crippen molar-refractivity contribution in [3.63, 3.8) is 0 Å². The predicted octanol–water partition coefficient (Wildman–Crippen LogP) is 6.16. The van der Waals surface area contributed by atoms with Crippen LogP contribution in [0, 0.1) is 0 Å². The second-order valence-corrected chi connectivity index (χ2v) is 7.16. The van der Waals surface area contributed by atoms with Gasteiger partial charge in [0.25, 0.3) is 0 Å². The van der Waals surface area contributed by atoms with Crippen LogP contribution in [0.5, 0.6) is 0 Å². The first-order valence-electron chi connectivity index (χ1n) is 9.12. The van der Waals surface area contributed by atoms with E-state index in [0.717, 1.165) is 32.5 Å². The molecule has 4 nitrogen and oxygen atoms in total.